The molecule has 0 atom stereocenters. The first-order chi connectivity index (χ1) is 12.0. The van der Waals surface area contributed by atoms with E-state index in [2.05, 4.69) is 10.9 Å². The van der Waals surface area contributed by atoms with Crippen molar-refractivity contribution in [3.63, 3.8) is 0 Å². The smallest absolute Gasteiger partial charge is 0.273 e. The fraction of sp³-hybridized carbons (Fsp3) is 0.0526. The minimum atomic E-state index is -0.616. The molecule has 0 saturated carbocycles. The van der Waals surface area contributed by atoms with Crippen LogP contribution in [0.5, 0.6) is 5.75 Å². The molecule has 25 heavy (non-hydrogen) atoms. The number of rotatable bonds is 2. The van der Waals surface area contributed by atoms with Crippen molar-refractivity contribution in [2.45, 2.75) is 6.92 Å². The van der Waals surface area contributed by atoms with Gasteiger partial charge in [0.25, 0.3) is 11.8 Å². The number of fused-ring (bicyclic) bond motifs is 1. The van der Waals surface area contributed by atoms with Crippen molar-refractivity contribution < 1.29 is 14.7 Å². The Hall–Kier alpha value is -3.05. The number of benzene rings is 3. The van der Waals surface area contributed by atoms with Gasteiger partial charge in [-0.15, -0.1) is 0 Å². The molecule has 0 aliphatic carbocycles. The predicted molar refractivity (Wildman–Crippen MR) is 96.7 cm³/mol. The second-order valence-corrected chi connectivity index (χ2v) is 5.96. The molecule has 0 spiro atoms. The van der Waals surface area contributed by atoms with Gasteiger partial charge in [-0.3, -0.25) is 20.4 Å². The topological polar surface area (TPSA) is 78.4 Å². The third-order valence-electron chi connectivity index (χ3n) is 3.87. The third-order valence-corrected chi connectivity index (χ3v) is 4.28. The lowest BCUT2D eigenvalue weighted by Crippen LogP contribution is -2.41. The van der Waals surface area contributed by atoms with Gasteiger partial charge in [0, 0.05) is 16.0 Å². The Morgan fingerprint density at radius 1 is 0.960 bits per heavy atom. The van der Waals surface area contributed by atoms with Crippen LogP contribution in [0.1, 0.15) is 26.3 Å². The highest BCUT2D eigenvalue weighted by Crippen LogP contribution is 2.28. The summed E-state index contributed by atoms with van der Waals surface area (Å²) in [6, 6.07) is 15.2. The summed E-state index contributed by atoms with van der Waals surface area (Å²) in [5, 5.41) is 12.1. The van der Waals surface area contributed by atoms with Gasteiger partial charge in [-0.1, -0.05) is 48.0 Å². The Morgan fingerprint density at radius 2 is 1.68 bits per heavy atom. The Morgan fingerprint density at radius 3 is 2.44 bits per heavy atom. The fourth-order valence-corrected chi connectivity index (χ4v) is 2.61. The number of carbonyl (C=O) groups is 2. The minimum absolute atomic E-state index is 0.0703. The zero-order valence-electron chi connectivity index (χ0n) is 13.3. The van der Waals surface area contributed by atoms with E-state index in [1.54, 1.807) is 30.3 Å². The Labute approximate surface area is 149 Å². The van der Waals surface area contributed by atoms with Gasteiger partial charge in [0.1, 0.15) is 5.75 Å². The average molecular weight is 355 g/mol. The van der Waals surface area contributed by atoms with Crippen molar-refractivity contribution in [2.75, 3.05) is 0 Å². The number of hydrazine groups is 1. The molecule has 0 heterocycles. The van der Waals surface area contributed by atoms with E-state index in [0.29, 0.717) is 16.0 Å². The van der Waals surface area contributed by atoms with Gasteiger partial charge in [0.2, 0.25) is 0 Å². The molecule has 0 aromatic heterocycles. The quantitative estimate of drug-likeness (QED) is 0.615. The number of halogens is 1. The van der Waals surface area contributed by atoms with Crippen molar-refractivity contribution in [1.82, 2.24) is 10.9 Å². The average Bonchev–Trinajstić information content (AvgIpc) is 2.62. The first kappa shape index (κ1) is 16.8. The van der Waals surface area contributed by atoms with E-state index in [-0.39, 0.29) is 11.3 Å². The SMILES string of the molecule is Cc1ccc(C(=O)NNC(=O)c2ccc3ccccc3c2O)cc1Cl. The first-order valence-electron chi connectivity index (χ1n) is 7.55. The summed E-state index contributed by atoms with van der Waals surface area (Å²) in [6.45, 7) is 1.83. The predicted octanol–water partition coefficient (Wildman–Crippen LogP) is 3.58. The summed E-state index contributed by atoms with van der Waals surface area (Å²) < 4.78 is 0. The molecule has 2 amide bonds. The molecule has 0 radical (unpaired) electrons. The Bertz CT molecular complexity index is 986. The van der Waals surface area contributed by atoms with E-state index in [4.69, 9.17) is 11.6 Å². The summed E-state index contributed by atoms with van der Waals surface area (Å²) in [7, 11) is 0. The molecule has 3 aromatic carbocycles. The van der Waals surface area contributed by atoms with Gasteiger partial charge in [-0.05, 0) is 36.1 Å². The molecule has 3 aromatic rings. The van der Waals surface area contributed by atoms with E-state index >= 15 is 0 Å². The van der Waals surface area contributed by atoms with Crippen LogP contribution in [-0.2, 0) is 0 Å². The maximum absolute atomic E-state index is 12.3. The number of amides is 2. The number of phenolic OH excluding ortho intramolecular Hbond substituents is 1. The number of aromatic hydroxyl groups is 1. The van der Waals surface area contributed by atoms with Crippen LogP contribution in [0.3, 0.4) is 0 Å². The summed E-state index contributed by atoms with van der Waals surface area (Å²) in [4.78, 5) is 24.3. The molecule has 0 fully saturated rings. The van der Waals surface area contributed by atoms with Crippen molar-refractivity contribution in [3.8, 4) is 5.75 Å². The Balaban J connectivity index is 1.75. The minimum Gasteiger partial charge on any atom is -0.506 e. The fourth-order valence-electron chi connectivity index (χ4n) is 2.43. The van der Waals surface area contributed by atoms with E-state index in [9.17, 15) is 14.7 Å². The molecule has 0 saturated heterocycles. The standard InChI is InChI=1S/C19H15ClN2O3/c1-11-6-7-13(10-16(11)20)18(24)21-22-19(25)15-9-8-12-4-2-3-5-14(12)17(15)23/h2-10,23H,1H3,(H,21,24)(H,22,25). The summed E-state index contributed by atoms with van der Waals surface area (Å²) >= 11 is 5.99. The highest BCUT2D eigenvalue weighted by Gasteiger charge is 2.15. The third kappa shape index (κ3) is 3.41. The summed E-state index contributed by atoms with van der Waals surface area (Å²) in [6.07, 6.45) is 0. The van der Waals surface area contributed by atoms with Crippen molar-refractivity contribution in [3.05, 3.63) is 76.3 Å². The van der Waals surface area contributed by atoms with Crippen molar-refractivity contribution in [1.29, 1.82) is 0 Å². The van der Waals surface area contributed by atoms with Crippen LogP contribution < -0.4 is 10.9 Å². The van der Waals surface area contributed by atoms with Crippen LogP contribution in [0.2, 0.25) is 5.02 Å². The lowest BCUT2D eigenvalue weighted by molar-refractivity contribution is 0.0845. The zero-order valence-corrected chi connectivity index (χ0v) is 14.1. The van der Waals surface area contributed by atoms with Crippen LogP contribution in [0.4, 0.5) is 0 Å². The lowest BCUT2D eigenvalue weighted by atomic mass is 10.1. The molecule has 6 heteroatoms. The van der Waals surface area contributed by atoms with Gasteiger partial charge in [-0.25, -0.2) is 0 Å². The molecule has 0 bridgehead atoms. The molecule has 5 nitrogen and oxygen atoms in total. The maximum Gasteiger partial charge on any atom is 0.273 e. The molecule has 0 unspecified atom stereocenters. The van der Waals surface area contributed by atoms with Gasteiger partial charge in [0.15, 0.2) is 0 Å². The first-order valence-corrected chi connectivity index (χ1v) is 7.92. The molecule has 3 rings (SSSR count). The van der Waals surface area contributed by atoms with Gasteiger partial charge >= 0.3 is 0 Å². The van der Waals surface area contributed by atoms with Gasteiger partial charge in [0.05, 0.1) is 5.56 Å². The lowest BCUT2D eigenvalue weighted by Gasteiger charge is -2.10. The molecule has 0 aliphatic heterocycles. The molecule has 126 valence electrons. The van der Waals surface area contributed by atoms with E-state index in [0.717, 1.165) is 10.9 Å². The van der Waals surface area contributed by atoms with Crippen LogP contribution in [-0.4, -0.2) is 16.9 Å². The number of hydrogen-bond acceptors (Lipinski definition) is 3. The van der Waals surface area contributed by atoms with Gasteiger partial charge < -0.3 is 5.11 Å². The van der Waals surface area contributed by atoms with E-state index in [1.165, 1.54) is 12.1 Å². The molecule has 3 N–H and O–H groups in total. The molecule has 0 aliphatic rings. The zero-order chi connectivity index (χ0) is 18.0. The highest BCUT2D eigenvalue weighted by molar-refractivity contribution is 6.31. The summed E-state index contributed by atoms with van der Waals surface area (Å²) in [5.74, 6) is -1.26. The normalized spacial score (nSPS) is 10.5. The van der Waals surface area contributed by atoms with Crippen LogP contribution >= 0.6 is 11.6 Å². The second-order valence-electron chi connectivity index (χ2n) is 5.56. The second kappa shape index (κ2) is 6.83. The number of hydrogen-bond donors (Lipinski definition) is 3. The van der Waals surface area contributed by atoms with Crippen LogP contribution in [0.15, 0.2) is 54.6 Å². The maximum atomic E-state index is 12.3. The van der Waals surface area contributed by atoms with Crippen molar-refractivity contribution in [2.24, 2.45) is 0 Å². The van der Waals surface area contributed by atoms with Crippen molar-refractivity contribution >= 4 is 34.2 Å². The Kier molecular flexibility index (Phi) is 4.59. The van der Waals surface area contributed by atoms with Gasteiger partial charge in [-0.2, -0.15) is 0 Å². The number of nitrogens with one attached hydrogen (secondary N) is 2. The summed E-state index contributed by atoms with van der Waals surface area (Å²) in [5.41, 5.74) is 5.84. The monoisotopic (exact) mass is 354 g/mol. The number of carbonyl (C=O) groups excluding carboxylic acids is 2. The molecular weight excluding hydrogens is 340 g/mol. The van der Waals surface area contributed by atoms with Crippen LogP contribution in [0, 0.1) is 6.92 Å². The molecular formula is C19H15ClN2O3. The van der Waals surface area contributed by atoms with Crippen LogP contribution in [0.25, 0.3) is 10.8 Å². The number of aryl methyl sites for hydroxylation is 1. The van der Waals surface area contributed by atoms with E-state index in [1.807, 2.05) is 19.1 Å². The highest BCUT2D eigenvalue weighted by atomic mass is 35.5. The largest absolute Gasteiger partial charge is 0.506 e. The van der Waals surface area contributed by atoms with E-state index < -0.39 is 11.8 Å². The number of phenols is 1.